The van der Waals surface area contributed by atoms with Crippen LogP contribution in [0.2, 0.25) is 0 Å². The molecule has 0 aromatic carbocycles. The number of nitrogens with one attached hydrogen (secondary N) is 1. The first-order chi connectivity index (χ1) is 8.36. The van der Waals surface area contributed by atoms with Crippen LogP contribution in [0.3, 0.4) is 0 Å². The van der Waals surface area contributed by atoms with Crippen molar-refractivity contribution in [2.75, 3.05) is 31.1 Å². The fourth-order valence-corrected chi connectivity index (χ4v) is 2.83. The monoisotopic (exact) mass is 278 g/mol. The summed E-state index contributed by atoms with van der Waals surface area (Å²) in [5, 5.41) is 3.08. The summed E-state index contributed by atoms with van der Waals surface area (Å²) < 4.78 is 22.8. The second-order valence-electron chi connectivity index (χ2n) is 4.37. The molecule has 0 aromatic heterocycles. The third kappa shape index (κ3) is 6.96. The van der Waals surface area contributed by atoms with E-state index in [4.69, 9.17) is 0 Å². The molecule has 0 spiro atoms. The summed E-state index contributed by atoms with van der Waals surface area (Å²) in [6, 6.07) is -0.112. The molecule has 0 aliphatic rings. The van der Waals surface area contributed by atoms with Gasteiger partial charge in [0.2, 0.25) is 5.91 Å². The zero-order valence-electron chi connectivity index (χ0n) is 11.9. The molecule has 5 nitrogen and oxygen atoms in total. The van der Waals surface area contributed by atoms with E-state index in [1.807, 2.05) is 20.8 Å². The Balaban J connectivity index is 3.95. The van der Waals surface area contributed by atoms with E-state index in [9.17, 15) is 13.2 Å². The van der Waals surface area contributed by atoms with E-state index in [1.165, 1.54) is 0 Å². The molecule has 0 bridgehead atoms. The molecular formula is C12H26N2O3S. The van der Waals surface area contributed by atoms with Crippen LogP contribution in [-0.2, 0) is 14.6 Å². The van der Waals surface area contributed by atoms with E-state index in [0.717, 1.165) is 13.1 Å². The van der Waals surface area contributed by atoms with E-state index in [0.29, 0.717) is 13.0 Å². The molecule has 0 rings (SSSR count). The molecule has 18 heavy (non-hydrogen) atoms. The zero-order valence-corrected chi connectivity index (χ0v) is 12.7. The minimum absolute atomic E-state index is 0.109. The summed E-state index contributed by atoms with van der Waals surface area (Å²) in [5.41, 5.74) is 0. The molecule has 1 N–H and O–H groups in total. The van der Waals surface area contributed by atoms with Crippen molar-refractivity contribution in [1.82, 2.24) is 10.2 Å². The van der Waals surface area contributed by atoms with Gasteiger partial charge in [-0.05, 0) is 20.8 Å². The summed E-state index contributed by atoms with van der Waals surface area (Å²) in [7, 11) is -2.95. The lowest BCUT2D eigenvalue weighted by Gasteiger charge is -2.19. The standard InChI is InChI=1S/C12H26N2O3S/c1-5-14(6-2)12(15)8-9-13-11(4)10-18(16,17)7-3/h11,13H,5-10H2,1-4H3. The van der Waals surface area contributed by atoms with Crippen molar-refractivity contribution in [3.05, 3.63) is 0 Å². The van der Waals surface area contributed by atoms with Crippen molar-refractivity contribution in [2.24, 2.45) is 0 Å². The van der Waals surface area contributed by atoms with E-state index in [1.54, 1.807) is 11.8 Å². The Bertz CT molecular complexity index is 337. The maximum absolute atomic E-state index is 11.7. The van der Waals surface area contributed by atoms with Crippen LogP contribution in [0.1, 0.15) is 34.1 Å². The van der Waals surface area contributed by atoms with Crippen LogP contribution in [-0.4, -0.2) is 56.4 Å². The summed E-state index contributed by atoms with van der Waals surface area (Å²) in [6.45, 7) is 9.33. The number of hydrogen-bond donors (Lipinski definition) is 1. The van der Waals surface area contributed by atoms with Crippen LogP contribution in [0, 0.1) is 0 Å². The molecule has 0 aromatic rings. The lowest BCUT2D eigenvalue weighted by Crippen LogP contribution is -2.37. The molecule has 0 heterocycles. The van der Waals surface area contributed by atoms with Crippen molar-refractivity contribution in [2.45, 2.75) is 40.2 Å². The predicted molar refractivity (Wildman–Crippen MR) is 74.3 cm³/mol. The zero-order chi connectivity index (χ0) is 14.2. The Hall–Kier alpha value is -0.620. The first-order valence-corrected chi connectivity index (χ1v) is 8.39. The average molecular weight is 278 g/mol. The SMILES string of the molecule is CCN(CC)C(=O)CCNC(C)CS(=O)(=O)CC. The van der Waals surface area contributed by atoms with Gasteiger partial charge in [0, 0.05) is 37.8 Å². The normalized spacial score (nSPS) is 13.3. The van der Waals surface area contributed by atoms with E-state index < -0.39 is 9.84 Å². The van der Waals surface area contributed by atoms with Crippen molar-refractivity contribution in [3.8, 4) is 0 Å². The predicted octanol–water partition coefficient (Wildman–Crippen LogP) is 0.658. The maximum Gasteiger partial charge on any atom is 0.223 e. The molecule has 0 radical (unpaired) electrons. The largest absolute Gasteiger partial charge is 0.343 e. The van der Waals surface area contributed by atoms with Crippen molar-refractivity contribution in [1.29, 1.82) is 0 Å². The van der Waals surface area contributed by atoms with Crippen LogP contribution < -0.4 is 5.32 Å². The lowest BCUT2D eigenvalue weighted by atomic mass is 10.3. The van der Waals surface area contributed by atoms with E-state index in [-0.39, 0.29) is 23.5 Å². The number of amides is 1. The smallest absolute Gasteiger partial charge is 0.223 e. The van der Waals surface area contributed by atoms with Crippen LogP contribution in [0.4, 0.5) is 0 Å². The van der Waals surface area contributed by atoms with Crippen LogP contribution in [0.25, 0.3) is 0 Å². The highest BCUT2D eigenvalue weighted by Crippen LogP contribution is 1.96. The molecule has 1 unspecified atom stereocenters. The van der Waals surface area contributed by atoms with Gasteiger partial charge in [-0.2, -0.15) is 0 Å². The molecule has 1 atom stereocenters. The van der Waals surface area contributed by atoms with Gasteiger partial charge in [0.1, 0.15) is 0 Å². The minimum atomic E-state index is -2.95. The molecule has 0 saturated heterocycles. The molecule has 0 fully saturated rings. The number of carbonyl (C=O) groups is 1. The molecule has 0 aliphatic carbocycles. The highest BCUT2D eigenvalue weighted by Gasteiger charge is 2.14. The minimum Gasteiger partial charge on any atom is -0.343 e. The van der Waals surface area contributed by atoms with Gasteiger partial charge >= 0.3 is 0 Å². The van der Waals surface area contributed by atoms with E-state index in [2.05, 4.69) is 5.32 Å². The van der Waals surface area contributed by atoms with Gasteiger partial charge in [0.25, 0.3) is 0 Å². The topological polar surface area (TPSA) is 66.5 Å². The Labute approximate surface area is 111 Å². The molecule has 1 amide bonds. The van der Waals surface area contributed by atoms with Crippen molar-refractivity contribution >= 4 is 15.7 Å². The number of sulfone groups is 1. The van der Waals surface area contributed by atoms with Gasteiger partial charge in [0.15, 0.2) is 9.84 Å². The Morgan fingerprint density at radius 1 is 1.22 bits per heavy atom. The second kappa shape index (κ2) is 8.48. The molecule has 0 aliphatic heterocycles. The molecule has 6 heteroatoms. The van der Waals surface area contributed by atoms with Gasteiger partial charge in [-0.1, -0.05) is 6.92 Å². The average Bonchev–Trinajstić information content (AvgIpc) is 2.30. The molecule has 108 valence electrons. The summed E-state index contributed by atoms with van der Waals surface area (Å²) in [4.78, 5) is 13.5. The fraction of sp³-hybridized carbons (Fsp3) is 0.917. The van der Waals surface area contributed by atoms with Gasteiger partial charge in [-0.3, -0.25) is 4.79 Å². The van der Waals surface area contributed by atoms with Gasteiger partial charge < -0.3 is 10.2 Å². The second-order valence-corrected chi connectivity index (χ2v) is 6.77. The Morgan fingerprint density at radius 3 is 2.22 bits per heavy atom. The summed E-state index contributed by atoms with van der Waals surface area (Å²) in [6.07, 6.45) is 0.415. The third-order valence-electron chi connectivity index (χ3n) is 2.89. The van der Waals surface area contributed by atoms with Crippen LogP contribution >= 0.6 is 0 Å². The summed E-state index contributed by atoms with van der Waals surface area (Å²) in [5.74, 6) is 0.401. The quantitative estimate of drug-likeness (QED) is 0.673. The lowest BCUT2D eigenvalue weighted by molar-refractivity contribution is -0.130. The number of nitrogens with zero attached hydrogens (tertiary/aromatic N) is 1. The van der Waals surface area contributed by atoms with Crippen molar-refractivity contribution < 1.29 is 13.2 Å². The number of carbonyl (C=O) groups excluding carboxylic acids is 1. The van der Waals surface area contributed by atoms with Crippen molar-refractivity contribution in [3.63, 3.8) is 0 Å². The maximum atomic E-state index is 11.7. The Morgan fingerprint density at radius 2 is 1.78 bits per heavy atom. The molecular weight excluding hydrogens is 252 g/mol. The van der Waals surface area contributed by atoms with Crippen LogP contribution in [0.5, 0.6) is 0 Å². The fourth-order valence-electron chi connectivity index (χ4n) is 1.72. The highest BCUT2D eigenvalue weighted by molar-refractivity contribution is 7.91. The summed E-state index contributed by atoms with van der Waals surface area (Å²) >= 11 is 0. The first-order valence-electron chi connectivity index (χ1n) is 6.57. The third-order valence-corrected chi connectivity index (χ3v) is 4.78. The van der Waals surface area contributed by atoms with Crippen LogP contribution in [0.15, 0.2) is 0 Å². The number of hydrogen-bond acceptors (Lipinski definition) is 4. The number of rotatable bonds is 9. The highest BCUT2D eigenvalue weighted by atomic mass is 32.2. The van der Waals surface area contributed by atoms with E-state index >= 15 is 0 Å². The Kier molecular flexibility index (Phi) is 8.18. The van der Waals surface area contributed by atoms with Gasteiger partial charge in [-0.25, -0.2) is 8.42 Å². The molecule has 0 saturated carbocycles. The van der Waals surface area contributed by atoms with Gasteiger partial charge in [0.05, 0.1) is 5.75 Å². The van der Waals surface area contributed by atoms with Gasteiger partial charge in [-0.15, -0.1) is 0 Å². The first kappa shape index (κ1) is 17.4.